The van der Waals surface area contributed by atoms with E-state index in [0.717, 1.165) is 0 Å². The standard InChI is InChI=1S/C21H23N6O7/c1-11(28)31-9-14-16(32-12(2)29)17(33-13(3)30)20(34-14)27-10-23-15-18(24-21(22)25-19(15)27)26-7-5-4-6-8-26/h4-8,10,14,16-17,20H,9H2,1-3H3,(H2,22,24,25)/q+1/t14-,16-,17-,20-/m1/s1. The number of esters is 3. The molecular formula is C21H23N6O7+. The molecule has 4 atom stereocenters. The predicted molar refractivity (Wildman–Crippen MR) is 113 cm³/mol. The third kappa shape index (κ3) is 4.64. The van der Waals surface area contributed by atoms with Gasteiger partial charge in [-0.25, -0.2) is 9.55 Å². The average molecular weight is 471 g/mol. The molecule has 0 radical (unpaired) electrons. The minimum absolute atomic E-state index is 0.0179. The van der Waals surface area contributed by atoms with Gasteiger partial charge < -0.3 is 24.7 Å². The molecule has 178 valence electrons. The maximum Gasteiger partial charge on any atom is 0.361 e. The van der Waals surface area contributed by atoms with Gasteiger partial charge in [-0.2, -0.15) is 4.98 Å². The van der Waals surface area contributed by atoms with Crippen LogP contribution >= 0.6 is 0 Å². The lowest BCUT2D eigenvalue weighted by Gasteiger charge is -2.23. The number of nitrogens with zero attached hydrogens (tertiary/aromatic N) is 5. The molecule has 2 N–H and O–H groups in total. The van der Waals surface area contributed by atoms with Crippen molar-refractivity contribution in [2.45, 2.75) is 45.3 Å². The van der Waals surface area contributed by atoms with Crippen LogP contribution in [0.4, 0.5) is 5.95 Å². The van der Waals surface area contributed by atoms with Crippen molar-refractivity contribution in [3.05, 3.63) is 36.9 Å². The number of nitrogens with two attached hydrogens (primary N) is 1. The number of hydrogen-bond acceptors (Lipinski definition) is 11. The van der Waals surface area contributed by atoms with E-state index in [1.807, 2.05) is 18.2 Å². The van der Waals surface area contributed by atoms with Crippen LogP contribution < -0.4 is 10.3 Å². The van der Waals surface area contributed by atoms with Crippen molar-refractivity contribution in [1.82, 2.24) is 19.5 Å². The SMILES string of the molecule is CC(=O)OC[C@H]1O[C@@H](n2cnc3c(-[n+]4ccccc4)nc(N)nc32)[C@H](OC(C)=O)[C@@H]1OC(C)=O. The molecule has 0 bridgehead atoms. The number of carbonyl (C=O) groups excluding carboxylic acids is 3. The molecule has 1 aliphatic rings. The van der Waals surface area contributed by atoms with Gasteiger partial charge in [0.05, 0.1) is 18.7 Å². The highest BCUT2D eigenvalue weighted by Gasteiger charge is 2.51. The highest BCUT2D eigenvalue weighted by Crippen LogP contribution is 2.36. The van der Waals surface area contributed by atoms with E-state index in [2.05, 4.69) is 15.0 Å². The van der Waals surface area contributed by atoms with E-state index in [0.29, 0.717) is 17.0 Å². The zero-order chi connectivity index (χ0) is 24.4. The van der Waals surface area contributed by atoms with Crippen molar-refractivity contribution in [2.75, 3.05) is 12.3 Å². The summed E-state index contributed by atoms with van der Waals surface area (Å²) >= 11 is 0. The number of hydrogen-bond donors (Lipinski definition) is 1. The molecule has 4 rings (SSSR count). The Morgan fingerprint density at radius 2 is 1.71 bits per heavy atom. The van der Waals surface area contributed by atoms with Gasteiger partial charge in [0.15, 0.2) is 24.1 Å². The van der Waals surface area contributed by atoms with Crippen LogP contribution in [0.25, 0.3) is 17.0 Å². The lowest BCUT2D eigenvalue weighted by molar-refractivity contribution is -0.598. The molecule has 3 aromatic rings. The van der Waals surface area contributed by atoms with Crippen LogP contribution in [0.2, 0.25) is 0 Å². The van der Waals surface area contributed by atoms with Crippen molar-refractivity contribution in [1.29, 1.82) is 0 Å². The van der Waals surface area contributed by atoms with Crippen LogP contribution in [0.5, 0.6) is 0 Å². The molecule has 0 aromatic carbocycles. The summed E-state index contributed by atoms with van der Waals surface area (Å²) in [5, 5.41) is 0. The summed E-state index contributed by atoms with van der Waals surface area (Å²) in [6.45, 7) is 3.45. The fourth-order valence-electron chi connectivity index (χ4n) is 3.74. The third-order valence-electron chi connectivity index (χ3n) is 5.00. The number of rotatable bonds is 6. The van der Waals surface area contributed by atoms with Crippen molar-refractivity contribution in [3.8, 4) is 5.82 Å². The van der Waals surface area contributed by atoms with Gasteiger partial charge in [-0.1, -0.05) is 6.07 Å². The quantitative estimate of drug-likeness (QED) is 0.293. The molecule has 13 nitrogen and oxygen atoms in total. The first kappa shape index (κ1) is 23.0. The Balaban J connectivity index is 1.80. The molecule has 0 amide bonds. The monoisotopic (exact) mass is 471 g/mol. The summed E-state index contributed by atoms with van der Waals surface area (Å²) in [6, 6.07) is 5.49. The summed E-state index contributed by atoms with van der Waals surface area (Å²) in [7, 11) is 0. The Kier molecular flexibility index (Phi) is 6.36. The molecule has 1 fully saturated rings. The van der Waals surface area contributed by atoms with E-state index in [9.17, 15) is 14.4 Å². The van der Waals surface area contributed by atoms with E-state index in [4.69, 9.17) is 24.7 Å². The first-order valence-electron chi connectivity index (χ1n) is 10.3. The van der Waals surface area contributed by atoms with Crippen LogP contribution in [0.1, 0.15) is 27.0 Å². The van der Waals surface area contributed by atoms with Gasteiger partial charge in [0.1, 0.15) is 12.7 Å². The van der Waals surface area contributed by atoms with Crippen molar-refractivity contribution in [2.24, 2.45) is 0 Å². The maximum atomic E-state index is 11.9. The van der Waals surface area contributed by atoms with Gasteiger partial charge in [0.2, 0.25) is 5.52 Å². The number of carbonyl (C=O) groups is 3. The molecule has 1 aliphatic heterocycles. The Morgan fingerprint density at radius 1 is 1.03 bits per heavy atom. The molecule has 0 saturated carbocycles. The topological polar surface area (TPSA) is 162 Å². The van der Waals surface area contributed by atoms with Crippen LogP contribution in [0.3, 0.4) is 0 Å². The minimum atomic E-state index is -1.08. The Morgan fingerprint density at radius 3 is 2.35 bits per heavy atom. The highest BCUT2D eigenvalue weighted by molar-refractivity contribution is 5.78. The first-order valence-corrected chi connectivity index (χ1v) is 10.3. The highest BCUT2D eigenvalue weighted by atomic mass is 16.7. The first-order chi connectivity index (χ1) is 16.2. The lowest BCUT2D eigenvalue weighted by atomic mass is 10.1. The number of nitrogen functional groups attached to an aromatic ring is 1. The van der Waals surface area contributed by atoms with Crippen LogP contribution in [-0.4, -0.2) is 62.3 Å². The zero-order valence-electron chi connectivity index (χ0n) is 18.7. The third-order valence-corrected chi connectivity index (χ3v) is 5.00. The van der Waals surface area contributed by atoms with Crippen molar-refractivity contribution >= 4 is 35.0 Å². The molecular weight excluding hydrogens is 448 g/mol. The zero-order valence-corrected chi connectivity index (χ0v) is 18.7. The second-order valence-corrected chi connectivity index (χ2v) is 7.53. The summed E-state index contributed by atoms with van der Waals surface area (Å²) < 4.78 is 25.2. The number of anilines is 1. The number of ether oxygens (including phenoxy) is 4. The van der Waals surface area contributed by atoms with Crippen molar-refractivity contribution in [3.63, 3.8) is 0 Å². The van der Waals surface area contributed by atoms with Gasteiger partial charge >= 0.3 is 29.7 Å². The van der Waals surface area contributed by atoms with Gasteiger partial charge in [-0.3, -0.25) is 19.0 Å². The fraction of sp³-hybridized carbons (Fsp3) is 0.381. The number of fused-ring (bicyclic) bond motifs is 1. The van der Waals surface area contributed by atoms with Crippen molar-refractivity contribution < 1.29 is 37.9 Å². The second-order valence-electron chi connectivity index (χ2n) is 7.53. The van der Waals surface area contributed by atoms with Crippen LogP contribution in [-0.2, 0) is 33.3 Å². The van der Waals surface area contributed by atoms with E-state index in [1.165, 1.54) is 31.7 Å². The van der Waals surface area contributed by atoms with Gasteiger partial charge in [0.25, 0.3) is 0 Å². The van der Waals surface area contributed by atoms with E-state index >= 15 is 0 Å². The summed E-state index contributed by atoms with van der Waals surface area (Å²) in [6.07, 6.45) is 0.934. The lowest BCUT2D eigenvalue weighted by Crippen LogP contribution is -2.40. The smallest absolute Gasteiger partial charge is 0.361 e. The molecule has 13 heteroatoms. The van der Waals surface area contributed by atoms with E-state index < -0.39 is 42.4 Å². The Labute approximate surface area is 193 Å². The van der Waals surface area contributed by atoms with Gasteiger partial charge in [0, 0.05) is 25.8 Å². The largest absolute Gasteiger partial charge is 0.463 e. The molecule has 3 aromatic heterocycles. The Bertz CT molecular complexity index is 1230. The number of aromatic nitrogens is 5. The second kappa shape index (κ2) is 9.39. The van der Waals surface area contributed by atoms with Crippen LogP contribution in [0, 0.1) is 0 Å². The number of imidazole rings is 1. The Hall–Kier alpha value is -4.13. The maximum absolute atomic E-state index is 11.9. The summed E-state index contributed by atoms with van der Waals surface area (Å²) in [4.78, 5) is 48.1. The predicted octanol–water partition coefficient (Wildman–Crippen LogP) is 0.00910. The van der Waals surface area contributed by atoms with E-state index in [1.54, 1.807) is 17.0 Å². The summed E-state index contributed by atoms with van der Waals surface area (Å²) in [5.41, 5.74) is 6.68. The summed E-state index contributed by atoms with van der Waals surface area (Å²) in [5.74, 6) is -1.38. The van der Waals surface area contributed by atoms with E-state index in [-0.39, 0.29) is 12.6 Å². The fourth-order valence-corrected chi connectivity index (χ4v) is 3.74. The molecule has 0 aliphatic carbocycles. The number of pyridine rings is 1. The molecule has 0 unspecified atom stereocenters. The molecule has 0 spiro atoms. The minimum Gasteiger partial charge on any atom is -0.463 e. The molecule has 1 saturated heterocycles. The average Bonchev–Trinajstić information content (AvgIpc) is 3.33. The molecule has 34 heavy (non-hydrogen) atoms. The van der Waals surface area contributed by atoms with Gasteiger partial charge in [-0.15, -0.1) is 0 Å². The normalized spacial score (nSPS) is 21.9. The van der Waals surface area contributed by atoms with Crippen LogP contribution in [0.15, 0.2) is 36.9 Å². The molecule has 4 heterocycles. The van der Waals surface area contributed by atoms with Gasteiger partial charge in [-0.05, 0) is 12.1 Å².